The van der Waals surface area contributed by atoms with Crippen LogP contribution in [0.3, 0.4) is 0 Å². The first kappa shape index (κ1) is 35.7. The van der Waals surface area contributed by atoms with Crippen LogP contribution in [0.4, 0.5) is 17.1 Å². The average molecular weight is 697 g/mol. The minimum Gasteiger partial charge on any atom is -0.355 e. The standard InChI is InChI=1S/C39H40N2O6S2/c1-22-17-25(4)37(26(5)18-22)40-30-13-15-32(23(2)20-30)36(34-11-9-10-12-35(34)48(42,43)44)33-16-14-31(21-24(33)3)41-38-27(6)19-28(7)39(29(38)8)49(45,46)47/h9-21,41H,1-8H3,(H,42,43,44)(H,45,46,47). The Bertz CT molecular complexity index is 2360. The Kier molecular flexibility index (Phi) is 9.73. The summed E-state index contributed by atoms with van der Waals surface area (Å²) in [5, 5.41) is 3.32. The van der Waals surface area contributed by atoms with Gasteiger partial charge in [0.15, 0.2) is 0 Å². The van der Waals surface area contributed by atoms with Gasteiger partial charge in [-0.15, -0.1) is 0 Å². The van der Waals surface area contributed by atoms with Crippen molar-refractivity contribution in [2.75, 3.05) is 5.32 Å². The number of hydrogen-bond acceptors (Lipinski definition) is 6. The van der Waals surface area contributed by atoms with Crippen molar-refractivity contribution in [3.05, 3.63) is 140 Å². The van der Waals surface area contributed by atoms with E-state index in [9.17, 15) is 25.9 Å². The SMILES string of the molecule is CC1=CC(=Nc2c(C)cc(C)cc2C)C=CC1=C(c1ccc(Nc2c(C)cc(C)c(S(=O)(=O)O)c2C)cc1C)c1ccccc1S(=O)(=O)O. The van der Waals surface area contributed by atoms with Gasteiger partial charge in [0, 0.05) is 16.9 Å². The van der Waals surface area contributed by atoms with Crippen LogP contribution in [-0.2, 0) is 20.2 Å². The molecule has 0 heterocycles. The minimum atomic E-state index is -4.58. The van der Waals surface area contributed by atoms with Gasteiger partial charge in [0.2, 0.25) is 0 Å². The summed E-state index contributed by atoms with van der Waals surface area (Å²) in [7, 11) is -9.03. The number of rotatable bonds is 7. The zero-order valence-electron chi connectivity index (χ0n) is 28.8. The van der Waals surface area contributed by atoms with E-state index in [1.165, 1.54) is 11.6 Å². The third-order valence-corrected chi connectivity index (χ3v) is 10.8. The van der Waals surface area contributed by atoms with Crippen LogP contribution in [0.15, 0.2) is 105 Å². The Labute approximate surface area is 289 Å². The molecule has 4 aromatic carbocycles. The Balaban J connectivity index is 1.67. The molecule has 49 heavy (non-hydrogen) atoms. The van der Waals surface area contributed by atoms with Gasteiger partial charge in [-0.1, -0.05) is 54.1 Å². The van der Waals surface area contributed by atoms with Gasteiger partial charge in [-0.2, -0.15) is 16.8 Å². The molecule has 0 spiro atoms. The lowest BCUT2D eigenvalue weighted by Gasteiger charge is -2.22. The van der Waals surface area contributed by atoms with Crippen molar-refractivity contribution in [2.45, 2.75) is 65.2 Å². The van der Waals surface area contributed by atoms with Gasteiger partial charge in [-0.25, -0.2) is 4.99 Å². The molecule has 0 saturated heterocycles. The molecule has 8 nitrogen and oxygen atoms in total. The summed E-state index contributed by atoms with van der Waals surface area (Å²) < 4.78 is 69.8. The zero-order valence-corrected chi connectivity index (χ0v) is 30.4. The van der Waals surface area contributed by atoms with Crippen molar-refractivity contribution >= 4 is 48.6 Å². The third kappa shape index (κ3) is 7.38. The maximum absolute atomic E-state index is 12.6. The number of anilines is 2. The number of benzene rings is 4. The highest BCUT2D eigenvalue weighted by atomic mass is 32.2. The van der Waals surface area contributed by atoms with Gasteiger partial charge in [-0.05, 0) is 141 Å². The molecule has 0 unspecified atom stereocenters. The molecule has 3 N–H and O–H groups in total. The lowest BCUT2D eigenvalue weighted by molar-refractivity contribution is 0.480. The predicted molar refractivity (Wildman–Crippen MR) is 198 cm³/mol. The highest BCUT2D eigenvalue weighted by Crippen LogP contribution is 2.39. The molecule has 0 aromatic heterocycles. The van der Waals surface area contributed by atoms with Crippen LogP contribution in [-0.4, -0.2) is 31.7 Å². The van der Waals surface area contributed by atoms with Gasteiger partial charge in [0.05, 0.1) is 11.4 Å². The van der Waals surface area contributed by atoms with Crippen molar-refractivity contribution < 1.29 is 25.9 Å². The minimum absolute atomic E-state index is 0.135. The van der Waals surface area contributed by atoms with E-state index in [0.717, 1.165) is 50.4 Å². The van der Waals surface area contributed by atoms with Crippen LogP contribution in [0.25, 0.3) is 5.57 Å². The second-order valence-corrected chi connectivity index (χ2v) is 15.4. The van der Waals surface area contributed by atoms with Gasteiger partial charge >= 0.3 is 0 Å². The normalized spacial score (nSPS) is 15.4. The van der Waals surface area contributed by atoms with Crippen LogP contribution in [0.2, 0.25) is 0 Å². The number of allylic oxidation sites excluding steroid dienone is 5. The highest BCUT2D eigenvalue weighted by molar-refractivity contribution is 7.86. The Morgan fingerprint density at radius 1 is 0.673 bits per heavy atom. The quantitative estimate of drug-likeness (QED) is 0.164. The third-order valence-electron chi connectivity index (χ3n) is 8.71. The molecular formula is C39H40N2O6S2. The summed E-state index contributed by atoms with van der Waals surface area (Å²) in [6.45, 7) is 15.1. The van der Waals surface area contributed by atoms with Crippen molar-refractivity contribution in [3.8, 4) is 0 Å². The summed E-state index contributed by atoms with van der Waals surface area (Å²) in [6.07, 6.45) is 5.79. The number of nitrogens with one attached hydrogen (secondary N) is 1. The van der Waals surface area contributed by atoms with Gasteiger partial charge in [-0.3, -0.25) is 9.11 Å². The second kappa shape index (κ2) is 13.4. The van der Waals surface area contributed by atoms with Crippen LogP contribution in [0, 0.1) is 48.5 Å². The molecule has 10 heteroatoms. The average Bonchev–Trinajstić information content (AvgIpc) is 2.98. The molecule has 0 aliphatic heterocycles. The van der Waals surface area contributed by atoms with E-state index >= 15 is 0 Å². The second-order valence-electron chi connectivity index (χ2n) is 12.7. The monoisotopic (exact) mass is 696 g/mol. The van der Waals surface area contributed by atoms with Gasteiger partial charge in [0.1, 0.15) is 9.79 Å². The van der Waals surface area contributed by atoms with E-state index in [4.69, 9.17) is 4.99 Å². The topological polar surface area (TPSA) is 133 Å². The lowest BCUT2D eigenvalue weighted by atomic mass is 9.85. The molecule has 0 radical (unpaired) electrons. The molecule has 0 atom stereocenters. The van der Waals surface area contributed by atoms with Crippen molar-refractivity contribution in [3.63, 3.8) is 0 Å². The first-order chi connectivity index (χ1) is 22.9. The van der Waals surface area contributed by atoms with Gasteiger partial charge < -0.3 is 5.32 Å². The largest absolute Gasteiger partial charge is 0.355 e. The molecule has 0 bridgehead atoms. The zero-order chi connectivity index (χ0) is 36.0. The summed E-state index contributed by atoms with van der Waals surface area (Å²) in [5.74, 6) is 0. The first-order valence-electron chi connectivity index (χ1n) is 15.7. The van der Waals surface area contributed by atoms with Crippen LogP contribution in [0.1, 0.15) is 57.0 Å². The number of hydrogen-bond donors (Lipinski definition) is 3. The number of nitrogens with zero attached hydrogens (tertiary/aromatic N) is 1. The molecule has 1 aliphatic rings. The summed E-state index contributed by atoms with van der Waals surface area (Å²) in [4.78, 5) is 4.60. The molecule has 0 fully saturated rings. The van der Waals surface area contributed by atoms with Crippen LogP contribution >= 0.6 is 0 Å². The number of aryl methyl sites for hydroxylation is 6. The summed E-state index contributed by atoms with van der Waals surface area (Å²) >= 11 is 0. The summed E-state index contributed by atoms with van der Waals surface area (Å²) in [5.41, 5.74) is 11.9. The van der Waals surface area contributed by atoms with Crippen LogP contribution < -0.4 is 5.32 Å². The molecule has 0 amide bonds. The Morgan fingerprint density at radius 3 is 1.92 bits per heavy atom. The lowest BCUT2D eigenvalue weighted by Crippen LogP contribution is -2.09. The van der Waals surface area contributed by atoms with E-state index in [-0.39, 0.29) is 9.79 Å². The smallest absolute Gasteiger partial charge is 0.295 e. The van der Waals surface area contributed by atoms with Crippen molar-refractivity contribution in [1.29, 1.82) is 0 Å². The van der Waals surface area contributed by atoms with Crippen LogP contribution in [0.5, 0.6) is 0 Å². The molecule has 254 valence electrons. The molecule has 4 aromatic rings. The van der Waals surface area contributed by atoms with E-state index < -0.39 is 20.2 Å². The molecule has 1 aliphatic carbocycles. The van der Waals surface area contributed by atoms with Crippen molar-refractivity contribution in [2.24, 2.45) is 4.99 Å². The van der Waals surface area contributed by atoms with E-state index in [2.05, 4.69) is 24.4 Å². The summed E-state index contributed by atoms with van der Waals surface area (Å²) in [6, 6.07) is 17.8. The van der Waals surface area contributed by atoms with E-state index in [1.807, 2.05) is 71.0 Å². The Morgan fingerprint density at radius 2 is 1.33 bits per heavy atom. The highest BCUT2D eigenvalue weighted by Gasteiger charge is 2.24. The molecule has 5 rings (SSSR count). The van der Waals surface area contributed by atoms with E-state index in [0.29, 0.717) is 33.6 Å². The first-order valence-corrected chi connectivity index (χ1v) is 18.6. The van der Waals surface area contributed by atoms with E-state index in [1.54, 1.807) is 38.1 Å². The number of aliphatic imine (C=N–C) groups is 1. The maximum Gasteiger partial charge on any atom is 0.295 e. The fraction of sp³-hybridized carbons (Fsp3) is 0.205. The predicted octanol–water partition coefficient (Wildman–Crippen LogP) is 9.17. The van der Waals surface area contributed by atoms with Crippen molar-refractivity contribution in [1.82, 2.24) is 0 Å². The maximum atomic E-state index is 12.6. The fourth-order valence-electron chi connectivity index (χ4n) is 6.73. The van der Waals surface area contributed by atoms with Gasteiger partial charge in [0.25, 0.3) is 20.2 Å². The molecule has 0 saturated carbocycles. The fourth-order valence-corrected chi connectivity index (χ4v) is 8.39. The Hall–Kier alpha value is -4.61. The molecular weight excluding hydrogens is 657 g/mol.